The van der Waals surface area contributed by atoms with Crippen molar-refractivity contribution < 1.29 is 58.3 Å². The number of ether oxygens (including phenoxy) is 4. The zero-order valence-corrected chi connectivity index (χ0v) is 28.1. The molecule has 1 unspecified atom stereocenters. The predicted octanol–water partition coefficient (Wildman–Crippen LogP) is 5.46. The molecule has 5 N–H and O–H groups in total. The van der Waals surface area contributed by atoms with Gasteiger partial charge in [0.15, 0.2) is 0 Å². The van der Waals surface area contributed by atoms with Crippen molar-refractivity contribution in [1.29, 1.82) is 0 Å². The smallest absolute Gasteiger partial charge is 0.337 e. The molecule has 0 heterocycles. The number of rotatable bonds is 15. The molecule has 266 valence electrons. The van der Waals surface area contributed by atoms with Gasteiger partial charge in [-0.1, -0.05) is 26.0 Å². The Morgan fingerprint density at radius 2 is 1.16 bits per heavy atom. The molecule has 0 aliphatic heterocycles. The minimum absolute atomic E-state index is 0.0310. The van der Waals surface area contributed by atoms with Crippen LogP contribution in [0.3, 0.4) is 0 Å². The third kappa shape index (κ3) is 9.47. The minimum atomic E-state index is -1.33. The standard InChI is InChI=1S/C37H36N2O12/c1-37(2,19-50-25-11-5-21(6-12-25)31(39-47)29-17-22(35(45)48-3)7-15-27(29)33(41)42)20-51-26-13-9-24(10-14-26)38-32(40)30-18-23(36(46)49-4)8-16-28(30)34(43)44/h5-18,31,39,47H,19-20H2,1-4H3,(H,38,40)(H,41,42)(H,43,44). The molecular formula is C37H36N2O12. The van der Waals surface area contributed by atoms with E-state index in [1.54, 1.807) is 48.5 Å². The number of esters is 2. The highest BCUT2D eigenvalue weighted by molar-refractivity contribution is 6.12. The summed E-state index contributed by atoms with van der Waals surface area (Å²) in [6.07, 6.45) is 0. The average molecular weight is 701 g/mol. The first-order valence-corrected chi connectivity index (χ1v) is 15.3. The number of hydrogen-bond donors (Lipinski definition) is 5. The highest BCUT2D eigenvalue weighted by atomic mass is 16.5. The van der Waals surface area contributed by atoms with E-state index < -0.39 is 41.2 Å². The number of carboxylic acid groups (broad SMARTS) is 2. The monoisotopic (exact) mass is 700 g/mol. The second-order valence-electron chi connectivity index (χ2n) is 12.0. The molecule has 4 aromatic rings. The van der Waals surface area contributed by atoms with Gasteiger partial charge in [-0.05, 0) is 83.9 Å². The van der Waals surface area contributed by atoms with Gasteiger partial charge < -0.3 is 39.7 Å². The molecule has 1 atom stereocenters. The Labute approximate surface area is 292 Å². The van der Waals surface area contributed by atoms with Crippen LogP contribution in [0.25, 0.3) is 0 Å². The van der Waals surface area contributed by atoms with Crippen LogP contribution in [0.4, 0.5) is 5.69 Å². The lowest BCUT2D eigenvalue weighted by Crippen LogP contribution is -2.28. The van der Waals surface area contributed by atoms with E-state index in [4.69, 9.17) is 14.2 Å². The van der Waals surface area contributed by atoms with Gasteiger partial charge >= 0.3 is 23.9 Å². The Hall–Kier alpha value is -6.25. The maximum atomic E-state index is 12.9. The number of anilines is 1. The summed E-state index contributed by atoms with van der Waals surface area (Å²) in [6, 6.07) is 19.7. The number of hydrogen-bond acceptors (Lipinski definition) is 11. The van der Waals surface area contributed by atoms with Gasteiger partial charge in [-0.15, -0.1) is 0 Å². The summed E-state index contributed by atoms with van der Waals surface area (Å²) >= 11 is 0. The number of carboxylic acids is 2. The van der Waals surface area contributed by atoms with Crippen LogP contribution in [-0.4, -0.2) is 72.6 Å². The van der Waals surface area contributed by atoms with E-state index >= 15 is 0 Å². The summed E-state index contributed by atoms with van der Waals surface area (Å²) < 4.78 is 21.3. The number of carbonyl (C=O) groups excluding carboxylic acids is 3. The van der Waals surface area contributed by atoms with Gasteiger partial charge in [-0.3, -0.25) is 4.79 Å². The summed E-state index contributed by atoms with van der Waals surface area (Å²) in [5.74, 6) is -3.63. The lowest BCUT2D eigenvalue weighted by atomic mass is 9.93. The third-order valence-corrected chi connectivity index (χ3v) is 7.64. The lowest BCUT2D eigenvalue weighted by Gasteiger charge is -2.25. The van der Waals surface area contributed by atoms with Gasteiger partial charge in [-0.25, -0.2) is 19.2 Å². The molecule has 0 aromatic heterocycles. The van der Waals surface area contributed by atoms with E-state index in [0.717, 1.165) is 6.07 Å². The molecular weight excluding hydrogens is 664 g/mol. The van der Waals surface area contributed by atoms with Gasteiger partial charge in [0.1, 0.15) is 11.5 Å². The summed E-state index contributed by atoms with van der Waals surface area (Å²) in [4.78, 5) is 60.4. The number of amides is 1. The number of nitrogens with one attached hydrogen (secondary N) is 2. The van der Waals surface area contributed by atoms with E-state index in [2.05, 4.69) is 15.5 Å². The molecule has 0 saturated heterocycles. The fourth-order valence-corrected chi connectivity index (χ4v) is 4.92. The zero-order chi connectivity index (χ0) is 37.3. The van der Waals surface area contributed by atoms with E-state index in [-0.39, 0.29) is 46.6 Å². The van der Waals surface area contributed by atoms with E-state index in [1.165, 1.54) is 44.6 Å². The predicted molar refractivity (Wildman–Crippen MR) is 182 cm³/mol. The van der Waals surface area contributed by atoms with Gasteiger partial charge in [0.05, 0.1) is 61.3 Å². The molecule has 0 fully saturated rings. The summed E-state index contributed by atoms with van der Waals surface area (Å²) in [5.41, 5.74) is 2.27. The molecule has 4 rings (SSSR count). The fourth-order valence-electron chi connectivity index (χ4n) is 4.92. The van der Waals surface area contributed by atoms with Crippen molar-refractivity contribution in [2.24, 2.45) is 5.41 Å². The molecule has 0 aliphatic rings. The third-order valence-electron chi connectivity index (χ3n) is 7.64. The first-order valence-electron chi connectivity index (χ1n) is 15.3. The Morgan fingerprint density at radius 3 is 1.65 bits per heavy atom. The van der Waals surface area contributed by atoms with Crippen molar-refractivity contribution in [3.8, 4) is 11.5 Å². The van der Waals surface area contributed by atoms with Crippen LogP contribution >= 0.6 is 0 Å². The molecule has 14 heteroatoms. The fraction of sp³-hybridized carbons (Fsp3) is 0.216. The minimum Gasteiger partial charge on any atom is -0.493 e. The maximum Gasteiger partial charge on any atom is 0.337 e. The average Bonchev–Trinajstić information content (AvgIpc) is 3.13. The van der Waals surface area contributed by atoms with Crippen molar-refractivity contribution in [3.63, 3.8) is 0 Å². The second kappa shape index (κ2) is 16.4. The van der Waals surface area contributed by atoms with Gasteiger partial charge in [0.2, 0.25) is 0 Å². The molecule has 1 amide bonds. The Bertz CT molecular complexity index is 1920. The summed E-state index contributed by atoms with van der Waals surface area (Å²) in [6.45, 7) is 4.38. The normalized spacial score (nSPS) is 11.5. The first kappa shape index (κ1) is 37.6. The van der Waals surface area contributed by atoms with Gasteiger partial charge in [0, 0.05) is 11.1 Å². The largest absolute Gasteiger partial charge is 0.493 e. The molecule has 0 radical (unpaired) electrons. The summed E-state index contributed by atoms with van der Waals surface area (Å²) in [5, 5.41) is 31.8. The van der Waals surface area contributed by atoms with Crippen molar-refractivity contribution in [1.82, 2.24) is 5.48 Å². The van der Waals surface area contributed by atoms with Gasteiger partial charge in [0.25, 0.3) is 5.91 Å². The SMILES string of the molecule is COC(=O)c1ccc(C(=O)O)c(C(=O)Nc2ccc(OCC(C)(C)COc3ccc(C(NO)c4cc(C(=O)OC)ccc4C(=O)O)cc3)cc2)c1. The Balaban J connectivity index is 1.35. The second-order valence-corrected chi connectivity index (χ2v) is 12.0. The topological polar surface area (TPSA) is 207 Å². The van der Waals surface area contributed by atoms with Crippen LogP contribution in [0, 0.1) is 5.41 Å². The Morgan fingerprint density at radius 1 is 0.667 bits per heavy atom. The molecule has 51 heavy (non-hydrogen) atoms. The molecule has 0 saturated carbocycles. The van der Waals surface area contributed by atoms with E-state index in [9.17, 15) is 39.4 Å². The van der Waals surface area contributed by atoms with Crippen molar-refractivity contribution in [3.05, 3.63) is 124 Å². The van der Waals surface area contributed by atoms with Gasteiger partial charge in [-0.2, -0.15) is 5.48 Å². The van der Waals surface area contributed by atoms with Crippen molar-refractivity contribution in [2.75, 3.05) is 32.8 Å². The molecule has 14 nitrogen and oxygen atoms in total. The van der Waals surface area contributed by atoms with Crippen LogP contribution in [0.2, 0.25) is 0 Å². The molecule has 0 bridgehead atoms. The number of aromatic carboxylic acids is 2. The quantitative estimate of drug-likeness (QED) is 0.0772. The maximum absolute atomic E-state index is 12.9. The number of methoxy groups -OCH3 is 2. The highest BCUT2D eigenvalue weighted by Crippen LogP contribution is 2.29. The first-order chi connectivity index (χ1) is 24.3. The zero-order valence-electron chi connectivity index (χ0n) is 28.1. The highest BCUT2D eigenvalue weighted by Gasteiger charge is 2.24. The van der Waals surface area contributed by atoms with Crippen LogP contribution in [0.15, 0.2) is 84.9 Å². The molecule has 0 aliphatic carbocycles. The van der Waals surface area contributed by atoms with E-state index in [0.29, 0.717) is 22.7 Å². The van der Waals surface area contributed by atoms with Crippen LogP contribution < -0.4 is 20.3 Å². The van der Waals surface area contributed by atoms with Crippen molar-refractivity contribution in [2.45, 2.75) is 19.9 Å². The number of carbonyl (C=O) groups is 5. The molecule has 4 aromatic carbocycles. The number of hydroxylamine groups is 1. The van der Waals surface area contributed by atoms with Crippen LogP contribution in [-0.2, 0) is 9.47 Å². The summed E-state index contributed by atoms with van der Waals surface area (Å²) in [7, 11) is 2.39. The number of benzene rings is 4. The lowest BCUT2D eigenvalue weighted by molar-refractivity contribution is 0.0591. The van der Waals surface area contributed by atoms with Crippen LogP contribution in [0.1, 0.15) is 82.8 Å². The molecule has 0 spiro atoms. The van der Waals surface area contributed by atoms with Crippen molar-refractivity contribution >= 4 is 35.5 Å². The Kier molecular flexibility index (Phi) is 12.1. The van der Waals surface area contributed by atoms with E-state index in [1.807, 2.05) is 13.8 Å². The van der Waals surface area contributed by atoms with Crippen LogP contribution in [0.5, 0.6) is 11.5 Å².